The normalized spacial score (nSPS) is 29.3. The van der Waals surface area contributed by atoms with Crippen LogP contribution in [0.5, 0.6) is 0 Å². The smallest absolute Gasteiger partial charge is 0.229 e. The lowest BCUT2D eigenvalue weighted by Gasteiger charge is -2.51. The summed E-state index contributed by atoms with van der Waals surface area (Å²) in [6.07, 6.45) is 7.12. The van der Waals surface area contributed by atoms with Crippen molar-refractivity contribution in [2.24, 2.45) is 17.8 Å². The monoisotopic (exact) mass is 418 g/mol. The molecule has 3 nitrogen and oxygen atoms in total. The molecule has 1 unspecified atom stereocenters. The van der Waals surface area contributed by atoms with E-state index < -0.39 is 0 Å². The van der Waals surface area contributed by atoms with Gasteiger partial charge in [0, 0.05) is 17.4 Å². The molecular weight excluding hydrogens is 392 g/mol. The molecule has 6 heteroatoms. The lowest BCUT2D eigenvalue weighted by Crippen LogP contribution is -2.48. The summed E-state index contributed by atoms with van der Waals surface area (Å²) in [5.74, 6) is 4.36. The molecule has 2 saturated carbocycles. The van der Waals surface area contributed by atoms with Crippen molar-refractivity contribution in [3.8, 4) is 0 Å². The van der Waals surface area contributed by atoms with Crippen LogP contribution in [0.25, 0.3) is 10.2 Å². The van der Waals surface area contributed by atoms with Gasteiger partial charge in [0.25, 0.3) is 0 Å². The van der Waals surface area contributed by atoms with Crippen LogP contribution in [0.1, 0.15) is 44.6 Å². The number of thioether (sulfide) groups is 2. The largest absolute Gasteiger partial charge is 0.302 e. The summed E-state index contributed by atoms with van der Waals surface area (Å²) in [4.78, 5) is 17.7. The van der Waals surface area contributed by atoms with Crippen LogP contribution in [0.3, 0.4) is 0 Å². The molecular formula is C21H26N2OS3. The molecule has 5 rings (SSSR count). The fraction of sp³-hybridized carbons (Fsp3) is 0.619. The number of anilines is 1. The van der Waals surface area contributed by atoms with E-state index in [2.05, 4.69) is 58.9 Å². The minimum Gasteiger partial charge on any atom is -0.302 e. The van der Waals surface area contributed by atoms with Gasteiger partial charge >= 0.3 is 0 Å². The fourth-order valence-electron chi connectivity index (χ4n) is 5.27. The Morgan fingerprint density at radius 2 is 1.96 bits per heavy atom. The number of carbonyl (C=O) groups is 1. The fourth-order valence-corrected chi connectivity index (χ4v) is 10.1. The van der Waals surface area contributed by atoms with Crippen LogP contribution in [0.2, 0.25) is 0 Å². The van der Waals surface area contributed by atoms with E-state index in [1.807, 2.05) is 0 Å². The van der Waals surface area contributed by atoms with Gasteiger partial charge in [-0.1, -0.05) is 30.7 Å². The Bertz CT molecular complexity index is 842. The van der Waals surface area contributed by atoms with Gasteiger partial charge in [-0.2, -0.15) is 0 Å². The number of nitrogens with zero attached hydrogens (tertiary/aromatic N) is 1. The second kappa shape index (κ2) is 7.27. The molecule has 27 heavy (non-hydrogen) atoms. The lowest BCUT2D eigenvalue weighted by atomic mass is 9.67. The van der Waals surface area contributed by atoms with Crippen LogP contribution in [0.15, 0.2) is 18.2 Å². The summed E-state index contributed by atoms with van der Waals surface area (Å²) in [5.41, 5.74) is 2.31. The second-order valence-electron chi connectivity index (χ2n) is 8.08. The van der Waals surface area contributed by atoms with Gasteiger partial charge in [0.15, 0.2) is 5.13 Å². The third-order valence-electron chi connectivity index (χ3n) is 6.58. The average molecular weight is 419 g/mol. The van der Waals surface area contributed by atoms with Gasteiger partial charge in [-0.3, -0.25) is 4.79 Å². The first-order valence-electron chi connectivity index (χ1n) is 10.2. The molecule has 1 saturated heterocycles. The molecule has 2 aromatic rings. The predicted molar refractivity (Wildman–Crippen MR) is 119 cm³/mol. The van der Waals surface area contributed by atoms with Gasteiger partial charge in [-0.15, -0.1) is 23.5 Å². The molecule has 1 spiro atoms. The van der Waals surface area contributed by atoms with E-state index in [1.165, 1.54) is 41.0 Å². The van der Waals surface area contributed by atoms with Crippen molar-refractivity contribution in [2.45, 2.75) is 49.5 Å². The number of amides is 1. The van der Waals surface area contributed by atoms with E-state index in [-0.39, 0.29) is 11.8 Å². The van der Waals surface area contributed by atoms with Gasteiger partial charge in [-0.25, -0.2) is 4.98 Å². The minimum absolute atomic E-state index is 0.158. The number of thiazole rings is 1. The molecule has 1 amide bonds. The number of fused-ring (bicyclic) bond motifs is 1. The van der Waals surface area contributed by atoms with Crippen molar-refractivity contribution >= 4 is 56.1 Å². The first kappa shape index (κ1) is 18.3. The molecule has 144 valence electrons. The Morgan fingerprint density at radius 3 is 2.67 bits per heavy atom. The van der Waals surface area contributed by atoms with Crippen molar-refractivity contribution in [1.29, 1.82) is 0 Å². The summed E-state index contributed by atoms with van der Waals surface area (Å²) in [5, 5.41) is 3.92. The van der Waals surface area contributed by atoms with Crippen LogP contribution in [-0.2, 0) is 11.2 Å². The Morgan fingerprint density at radius 1 is 1.22 bits per heavy atom. The Hall–Kier alpha value is -0.720. The van der Waals surface area contributed by atoms with E-state index >= 15 is 0 Å². The molecule has 3 fully saturated rings. The Balaban J connectivity index is 1.32. The van der Waals surface area contributed by atoms with Crippen LogP contribution in [0.4, 0.5) is 5.13 Å². The molecule has 1 N–H and O–H groups in total. The molecule has 1 aliphatic heterocycles. The number of benzene rings is 1. The maximum absolute atomic E-state index is 13.0. The Kier molecular flexibility index (Phi) is 4.93. The summed E-state index contributed by atoms with van der Waals surface area (Å²) >= 11 is 6.01. The summed E-state index contributed by atoms with van der Waals surface area (Å²) in [6, 6.07) is 6.40. The van der Waals surface area contributed by atoms with E-state index in [0.29, 0.717) is 15.9 Å². The summed E-state index contributed by atoms with van der Waals surface area (Å²) < 4.78 is 1.60. The van der Waals surface area contributed by atoms with Crippen molar-refractivity contribution in [3.63, 3.8) is 0 Å². The van der Waals surface area contributed by atoms with Gasteiger partial charge in [0.1, 0.15) is 0 Å². The van der Waals surface area contributed by atoms with Crippen LogP contribution in [0, 0.1) is 17.8 Å². The zero-order valence-electron chi connectivity index (χ0n) is 15.7. The number of nitrogens with one attached hydrogen (secondary N) is 1. The first-order chi connectivity index (χ1) is 13.2. The summed E-state index contributed by atoms with van der Waals surface area (Å²) in [7, 11) is 0. The number of hydrogen-bond acceptors (Lipinski definition) is 5. The number of carbonyl (C=O) groups excluding carboxylic acids is 1. The topological polar surface area (TPSA) is 42.0 Å². The maximum atomic E-state index is 13.0. The van der Waals surface area contributed by atoms with Crippen molar-refractivity contribution < 1.29 is 4.79 Å². The van der Waals surface area contributed by atoms with E-state index in [4.69, 9.17) is 0 Å². The van der Waals surface area contributed by atoms with Gasteiger partial charge in [0.2, 0.25) is 5.91 Å². The quantitative estimate of drug-likeness (QED) is 0.684. The molecule has 3 aliphatic rings. The highest BCUT2D eigenvalue weighted by atomic mass is 32.2. The Labute approximate surface area is 173 Å². The van der Waals surface area contributed by atoms with Crippen molar-refractivity contribution in [3.05, 3.63) is 23.8 Å². The van der Waals surface area contributed by atoms with E-state index in [9.17, 15) is 4.79 Å². The minimum atomic E-state index is 0.158. The molecule has 3 atom stereocenters. The third kappa shape index (κ3) is 3.22. The molecule has 2 aliphatic carbocycles. The van der Waals surface area contributed by atoms with E-state index in [0.717, 1.165) is 29.9 Å². The third-order valence-corrected chi connectivity index (χ3v) is 11.5. The number of aryl methyl sites for hydroxylation is 1. The van der Waals surface area contributed by atoms with Gasteiger partial charge < -0.3 is 5.32 Å². The van der Waals surface area contributed by atoms with E-state index in [1.54, 1.807) is 11.3 Å². The highest BCUT2D eigenvalue weighted by molar-refractivity contribution is 8.21. The molecule has 1 aromatic carbocycles. The molecule has 2 heterocycles. The molecule has 1 aromatic heterocycles. The number of rotatable bonds is 3. The van der Waals surface area contributed by atoms with Gasteiger partial charge in [-0.05, 0) is 61.6 Å². The summed E-state index contributed by atoms with van der Waals surface area (Å²) in [6.45, 7) is 2.17. The number of hydrogen-bond donors (Lipinski definition) is 1. The highest BCUT2D eigenvalue weighted by Gasteiger charge is 2.55. The lowest BCUT2D eigenvalue weighted by molar-refractivity contribution is -0.122. The highest BCUT2D eigenvalue weighted by Crippen LogP contribution is 2.64. The maximum Gasteiger partial charge on any atom is 0.229 e. The molecule has 0 radical (unpaired) electrons. The van der Waals surface area contributed by atoms with Crippen LogP contribution >= 0.6 is 34.9 Å². The number of aromatic nitrogens is 1. The van der Waals surface area contributed by atoms with Gasteiger partial charge in [0.05, 0.1) is 14.3 Å². The first-order valence-corrected chi connectivity index (χ1v) is 12.9. The SMILES string of the molecule is CCc1ccc2nc(NC(=O)C3C[C@H]4CCC[C@@H](C3)C43SCCS3)sc2c1. The van der Waals surface area contributed by atoms with Crippen LogP contribution in [-0.4, -0.2) is 26.5 Å². The van der Waals surface area contributed by atoms with Crippen LogP contribution < -0.4 is 5.32 Å². The average Bonchev–Trinajstić information content (AvgIpc) is 3.28. The zero-order chi connectivity index (χ0) is 18.4. The standard InChI is InChI=1S/C21H26N2OS3/c1-2-13-6-7-17-18(10-13)27-20(22-17)23-19(24)14-11-15-4-3-5-16(12-14)21(15)25-8-9-26-21/h6-7,10,14-16H,2-5,8-9,11-12H2,1H3,(H,22,23,24)/t14?,15-,16+. The zero-order valence-corrected chi connectivity index (χ0v) is 18.2. The van der Waals surface area contributed by atoms with Crippen molar-refractivity contribution in [2.75, 3.05) is 16.8 Å². The van der Waals surface area contributed by atoms with Crippen molar-refractivity contribution in [1.82, 2.24) is 4.98 Å². The molecule has 2 bridgehead atoms. The predicted octanol–water partition coefficient (Wildman–Crippen LogP) is 5.80. The second-order valence-corrected chi connectivity index (χ2v) is 12.1.